The summed E-state index contributed by atoms with van der Waals surface area (Å²) in [6.45, 7) is 0. The molecule has 2 aromatic carbocycles. The van der Waals surface area contributed by atoms with E-state index in [4.69, 9.17) is 14.3 Å². The highest BCUT2D eigenvalue weighted by Gasteiger charge is 2.30. The van der Waals surface area contributed by atoms with Gasteiger partial charge in [-0.1, -0.05) is 10.9 Å². The van der Waals surface area contributed by atoms with Crippen LogP contribution >= 0.6 is 0 Å². The molecule has 0 atom stereocenters. The van der Waals surface area contributed by atoms with Gasteiger partial charge in [0.2, 0.25) is 0 Å². The summed E-state index contributed by atoms with van der Waals surface area (Å²) in [4.78, 5) is 6.87. The number of hydrogen-bond donors (Lipinski definition) is 1. The topological polar surface area (TPSA) is 57.5 Å². The molecule has 4 rings (SSSR count). The second-order valence-electron chi connectivity index (χ2n) is 5.91. The molecule has 0 saturated heterocycles. The number of rotatable bonds is 5. The third-order valence-electron chi connectivity index (χ3n) is 4.45. The number of halogens is 1. The molecule has 0 saturated carbocycles. The van der Waals surface area contributed by atoms with Gasteiger partial charge in [-0.15, -0.1) is 5.10 Å². The number of methoxy groups -OCH3 is 2. The first-order valence-electron chi connectivity index (χ1n) is 8.08. The van der Waals surface area contributed by atoms with Crippen LogP contribution in [0.15, 0.2) is 36.4 Å². The zero-order chi connectivity index (χ0) is 18.3. The highest BCUT2D eigenvalue weighted by molar-refractivity contribution is 5.82. The number of ether oxygens (including phenoxy) is 2. The Morgan fingerprint density at radius 2 is 1.85 bits per heavy atom. The van der Waals surface area contributed by atoms with Crippen molar-refractivity contribution in [2.24, 2.45) is 0 Å². The van der Waals surface area contributed by atoms with Crippen LogP contribution < -0.4 is 19.6 Å². The molecule has 134 valence electrons. The fourth-order valence-corrected chi connectivity index (χ4v) is 3.28. The van der Waals surface area contributed by atoms with Crippen molar-refractivity contribution >= 4 is 11.5 Å². The Morgan fingerprint density at radius 1 is 1.08 bits per heavy atom. The molecule has 0 aliphatic heterocycles. The van der Waals surface area contributed by atoms with Gasteiger partial charge in [-0.3, -0.25) is 0 Å². The van der Waals surface area contributed by atoms with E-state index >= 15 is 0 Å². The Hall–Kier alpha value is -3.22. The van der Waals surface area contributed by atoms with E-state index in [0.717, 1.165) is 22.4 Å². The lowest BCUT2D eigenvalue weighted by Gasteiger charge is -2.11. The Balaban J connectivity index is 1.80. The summed E-state index contributed by atoms with van der Waals surface area (Å²) in [5, 5.41) is 7.64. The maximum atomic E-state index is 13.5. The maximum absolute atomic E-state index is 13.5. The largest absolute Gasteiger partial charge is 0.493 e. The molecular formula is C19H18FN3O3. The number of benzene rings is 2. The maximum Gasteiger partial charge on any atom is 0.161 e. The smallest absolute Gasteiger partial charge is 0.161 e. The minimum Gasteiger partial charge on any atom is -0.493 e. The highest BCUT2D eigenvalue weighted by Crippen LogP contribution is 2.45. The van der Waals surface area contributed by atoms with Crippen LogP contribution in [0.25, 0.3) is 11.3 Å². The van der Waals surface area contributed by atoms with E-state index < -0.39 is 0 Å². The van der Waals surface area contributed by atoms with Crippen molar-refractivity contribution in [1.82, 2.24) is 9.94 Å². The van der Waals surface area contributed by atoms with Gasteiger partial charge in [0.05, 0.1) is 14.2 Å². The van der Waals surface area contributed by atoms with E-state index in [1.54, 1.807) is 33.5 Å². The van der Waals surface area contributed by atoms with Gasteiger partial charge < -0.3 is 19.6 Å². The molecule has 1 aliphatic carbocycles. The van der Waals surface area contributed by atoms with Crippen molar-refractivity contribution in [1.29, 1.82) is 0 Å². The summed E-state index contributed by atoms with van der Waals surface area (Å²) in [7, 11) is 4.77. The standard InChI is InChI=1S/C19H18FN3O3/c1-24-16-8-11-7-15-18(14(11)10-17(16)25-2)23(26-3)22-19(15)21-13-6-4-5-12(20)9-13/h4-6,8-10H,7H2,1-3H3,(H,21,22). The molecule has 0 fully saturated rings. The molecule has 0 amide bonds. The van der Waals surface area contributed by atoms with E-state index in [0.29, 0.717) is 29.4 Å². The van der Waals surface area contributed by atoms with Crippen LogP contribution in [0.3, 0.4) is 0 Å². The Labute approximate surface area is 150 Å². The van der Waals surface area contributed by atoms with Crippen LogP contribution in [0.4, 0.5) is 15.9 Å². The van der Waals surface area contributed by atoms with E-state index in [9.17, 15) is 4.39 Å². The average Bonchev–Trinajstić information content (AvgIpc) is 3.17. The van der Waals surface area contributed by atoms with Gasteiger partial charge in [0.15, 0.2) is 17.3 Å². The van der Waals surface area contributed by atoms with Crippen LogP contribution in [-0.4, -0.2) is 31.3 Å². The van der Waals surface area contributed by atoms with Gasteiger partial charge in [-0.25, -0.2) is 4.39 Å². The first kappa shape index (κ1) is 16.3. The quantitative estimate of drug-likeness (QED) is 0.595. The number of aromatic nitrogens is 2. The monoisotopic (exact) mass is 355 g/mol. The zero-order valence-electron chi connectivity index (χ0n) is 14.7. The van der Waals surface area contributed by atoms with Gasteiger partial charge in [0.1, 0.15) is 18.6 Å². The number of nitrogens with zero attached hydrogens (tertiary/aromatic N) is 2. The van der Waals surface area contributed by atoms with Crippen molar-refractivity contribution in [3.63, 3.8) is 0 Å². The molecule has 6 nitrogen and oxygen atoms in total. The normalized spacial score (nSPS) is 11.7. The van der Waals surface area contributed by atoms with Crippen LogP contribution in [-0.2, 0) is 6.42 Å². The molecule has 3 aromatic rings. The molecule has 1 aliphatic rings. The summed E-state index contributed by atoms with van der Waals surface area (Å²) in [6.07, 6.45) is 0.659. The fourth-order valence-electron chi connectivity index (χ4n) is 3.28. The number of hydrogen-bond acceptors (Lipinski definition) is 5. The van der Waals surface area contributed by atoms with E-state index in [1.807, 2.05) is 12.1 Å². The van der Waals surface area contributed by atoms with Crippen molar-refractivity contribution in [3.8, 4) is 22.8 Å². The van der Waals surface area contributed by atoms with Crippen molar-refractivity contribution in [2.45, 2.75) is 6.42 Å². The molecule has 0 unspecified atom stereocenters. The summed E-state index contributed by atoms with van der Waals surface area (Å²) in [5.74, 6) is 1.63. The summed E-state index contributed by atoms with van der Waals surface area (Å²) < 4.78 is 24.3. The SMILES string of the molecule is COc1cc2c(cc1OC)-c1c(c(Nc3cccc(F)c3)nn1OC)C2. The van der Waals surface area contributed by atoms with E-state index in [-0.39, 0.29) is 5.82 Å². The summed E-state index contributed by atoms with van der Waals surface area (Å²) in [5.41, 5.74) is 4.51. The average molecular weight is 355 g/mol. The van der Waals surface area contributed by atoms with E-state index in [1.165, 1.54) is 17.0 Å². The first-order chi connectivity index (χ1) is 12.6. The second-order valence-corrected chi connectivity index (χ2v) is 5.91. The van der Waals surface area contributed by atoms with Crippen LogP contribution in [0.2, 0.25) is 0 Å². The molecule has 0 bridgehead atoms. The van der Waals surface area contributed by atoms with Crippen LogP contribution in [0.5, 0.6) is 11.5 Å². The number of fused-ring (bicyclic) bond motifs is 3. The van der Waals surface area contributed by atoms with E-state index in [2.05, 4.69) is 10.4 Å². The predicted molar refractivity (Wildman–Crippen MR) is 95.8 cm³/mol. The van der Waals surface area contributed by atoms with Gasteiger partial charge >= 0.3 is 0 Å². The summed E-state index contributed by atoms with van der Waals surface area (Å²) in [6, 6.07) is 10.1. The lowest BCUT2D eigenvalue weighted by molar-refractivity contribution is 0.139. The third kappa shape index (κ3) is 2.52. The van der Waals surface area contributed by atoms with Gasteiger partial charge in [-0.2, -0.15) is 0 Å². The minimum absolute atomic E-state index is 0.310. The molecular weight excluding hydrogens is 337 g/mol. The van der Waals surface area contributed by atoms with Gasteiger partial charge in [0.25, 0.3) is 0 Å². The molecule has 0 radical (unpaired) electrons. The molecule has 26 heavy (non-hydrogen) atoms. The Bertz CT molecular complexity index is 984. The summed E-state index contributed by atoms with van der Waals surface area (Å²) >= 11 is 0. The minimum atomic E-state index is -0.310. The Morgan fingerprint density at radius 3 is 2.54 bits per heavy atom. The highest BCUT2D eigenvalue weighted by atomic mass is 19.1. The number of anilines is 2. The zero-order valence-corrected chi connectivity index (χ0v) is 14.7. The van der Waals surface area contributed by atoms with Crippen molar-refractivity contribution in [3.05, 3.63) is 53.3 Å². The Kier molecular flexibility index (Phi) is 3.91. The molecule has 1 aromatic heterocycles. The van der Waals surface area contributed by atoms with Crippen molar-refractivity contribution < 1.29 is 18.7 Å². The van der Waals surface area contributed by atoms with Gasteiger partial charge in [-0.05, 0) is 35.9 Å². The van der Waals surface area contributed by atoms with Crippen LogP contribution in [0, 0.1) is 5.82 Å². The third-order valence-corrected chi connectivity index (χ3v) is 4.45. The van der Waals surface area contributed by atoms with Crippen LogP contribution in [0.1, 0.15) is 11.1 Å². The first-order valence-corrected chi connectivity index (χ1v) is 8.08. The number of nitrogens with one attached hydrogen (secondary N) is 1. The lowest BCUT2D eigenvalue weighted by Crippen LogP contribution is -2.09. The molecule has 7 heteroatoms. The van der Waals surface area contributed by atoms with Crippen molar-refractivity contribution in [2.75, 3.05) is 26.6 Å². The van der Waals surface area contributed by atoms with Gasteiger partial charge in [0, 0.05) is 23.2 Å². The lowest BCUT2D eigenvalue weighted by atomic mass is 10.1. The predicted octanol–water partition coefficient (Wildman–Crippen LogP) is 3.41. The fraction of sp³-hybridized carbons (Fsp3) is 0.211. The molecule has 1 heterocycles. The molecule has 0 spiro atoms. The second kappa shape index (κ2) is 6.25. The molecule has 1 N–H and O–H groups in total.